The number of likely N-dealkylation sites (N-methyl/N-ethyl adjacent to an activating group) is 1. The van der Waals surface area contributed by atoms with Crippen LogP contribution in [0, 0.1) is 5.92 Å². The normalized spacial score (nSPS) is 25.5. The maximum absolute atomic E-state index is 12.3. The van der Waals surface area contributed by atoms with Gasteiger partial charge in [0.2, 0.25) is 11.8 Å². The van der Waals surface area contributed by atoms with Crippen LogP contribution in [-0.2, 0) is 9.59 Å². The molecule has 5 nitrogen and oxygen atoms in total. The minimum absolute atomic E-state index is 0.00227. The second kappa shape index (κ2) is 4.29. The van der Waals surface area contributed by atoms with Gasteiger partial charge in [-0.3, -0.25) is 9.59 Å². The summed E-state index contributed by atoms with van der Waals surface area (Å²) in [5, 5.41) is 0. The smallest absolute Gasteiger partial charge is 0.243 e. The number of nitrogens with zero attached hydrogens (tertiary/aromatic N) is 2. The zero-order valence-corrected chi connectivity index (χ0v) is 10.6. The Kier molecular flexibility index (Phi) is 3.12. The predicted molar refractivity (Wildman–Crippen MR) is 64.2 cm³/mol. The van der Waals surface area contributed by atoms with Gasteiger partial charge in [0.05, 0.1) is 12.1 Å². The molecule has 1 atom stereocenters. The molecule has 1 aliphatic carbocycles. The van der Waals surface area contributed by atoms with E-state index in [4.69, 9.17) is 5.73 Å². The Morgan fingerprint density at radius 2 is 2.06 bits per heavy atom. The lowest BCUT2D eigenvalue weighted by atomic mass is 9.95. The number of hydrogen-bond acceptors (Lipinski definition) is 3. The van der Waals surface area contributed by atoms with Crippen molar-refractivity contribution in [1.82, 2.24) is 9.80 Å². The molecule has 0 aromatic heterocycles. The molecule has 2 fully saturated rings. The molecule has 0 aromatic carbocycles. The number of rotatable bonds is 2. The monoisotopic (exact) mass is 239 g/mol. The maximum Gasteiger partial charge on any atom is 0.243 e. The van der Waals surface area contributed by atoms with Gasteiger partial charge in [-0.05, 0) is 32.1 Å². The van der Waals surface area contributed by atoms with Gasteiger partial charge in [0.1, 0.15) is 0 Å². The summed E-state index contributed by atoms with van der Waals surface area (Å²) in [6.07, 6.45) is 2.88. The number of hydrogen-bond donors (Lipinski definition) is 1. The number of carbonyl (C=O) groups is 2. The van der Waals surface area contributed by atoms with Crippen molar-refractivity contribution in [3.8, 4) is 0 Å². The van der Waals surface area contributed by atoms with Crippen molar-refractivity contribution in [3.63, 3.8) is 0 Å². The van der Waals surface area contributed by atoms with E-state index in [2.05, 4.69) is 0 Å². The van der Waals surface area contributed by atoms with Gasteiger partial charge in [0.25, 0.3) is 0 Å². The van der Waals surface area contributed by atoms with Gasteiger partial charge in [-0.15, -0.1) is 0 Å². The minimum atomic E-state index is -0.789. The van der Waals surface area contributed by atoms with E-state index in [0.29, 0.717) is 19.0 Å². The Bertz CT molecular complexity index is 337. The van der Waals surface area contributed by atoms with E-state index >= 15 is 0 Å². The van der Waals surface area contributed by atoms with Gasteiger partial charge in [0, 0.05) is 20.1 Å². The third kappa shape index (κ3) is 2.44. The second-order valence-corrected chi connectivity index (χ2v) is 5.45. The molecule has 0 aromatic rings. The fourth-order valence-electron chi connectivity index (χ4n) is 2.36. The van der Waals surface area contributed by atoms with Crippen LogP contribution in [0.3, 0.4) is 0 Å². The van der Waals surface area contributed by atoms with Gasteiger partial charge < -0.3 is 15.5 Å². The molecule has 0 bridgehead atoms. The highest BCUT2D eigenvalue weighted by molar-refractivity contribution is 5.90. The van der Waals surface area contributed by atoms with Crippen LogP contribution in [0.15, 0.2) is 0 Å². The first-order valence-electron chi connectivity index (χ1n) is 6.25. The highest BCUT2D eigenvalue weighted by Crippen LogP contribution is 2.39. The highest BCUT2D eigenvalue weighted by atomic mass is 16.2. The van der Waals surface area contributed by atoms with Crippen LogP contribution < -0.4 is 5.73 Å². The van der Waals surface area contributed by atoms with E-state index in [1.54, 1.807) is 23.8 Å². The Labute approximate surface area is 102 Å². The zero-order chi connectivity index (χ0) is 12.6. The molecule has 1 saturated heterocycles. The summed E-state index contributed by atoms with van der Waals surface area (Å²) in [5.74, 6) is 0.234. The lowest BCUT2D eigenvalue weighted by Crippen LogP contribution is -2.56. The molecule has 2 aliphatic rings. The van der Waals surface area contributed by atoms with Gasteiger partial charge in [-0.1, -0.05) is 0 Å². The van der Waals surface area contributed by atoms with Crippen LogP contribution in [0.25, 0.3) is 0 Å². The van der Waals surface area contributed by atoms with Crippen LogP contribution >= 0.6 is 0 Å². The molecule has 1 unspecified atom stereocenters. The lowest BCUT2D eigenvalue weighted by Gasteiger charge is -2.30. The predicted octanol–water partition coefficient (Wildman–Crippen LogP) is -0.195. The van der Waals surface area contributed by atoms with Crippen LogP contribution in [0.4, 0.5) is 0 Å². The fourth-order valence-corrected chi connectivity index (χ4v) is 2.36. The number of nitrogens with two attached hydrogens (primary N) is 1. The van der Waals surface area contributed by atoms with E-state index in [9.17, 15) is 9.59 Å². The summed E-state index contributed by atoms with van der Waals surface area (Å²) in [7, 11) is 1.78. The standard InChI is InChI=1S/C12H21N3O2/c1-12(13,9-4-5-9)11(17)15-7-3-6-14(2)10(16)8-15/h9H,3-8,13H2,1-2H3. The van der Waals surface area contributed by atoms with Gasteiger partial charge in [-0.2, -0.15) is 0 Å². The largest absolute Gasteiger partial charge is 0.344 e. The second-order valence-electron chi connectivity index (χ2n) is 5.45. The molecular weight excluding hydrogens is 218 g/mol. The molecule has 1 heterocycles. The highest BCUT2D eigenvalue weighted by Gasteiger charge is 2.46. The average Bonchev–Trinajstić information content (AvgIpc) is 3.08. The van der Waals surface area contributed by atoms with Crippen LogP contribution in [-0.4, -0.2) is 53.8 Å². The molecule has 5 heteroatoms. The lowest BCUT2D eigenvalue weighted by molar-refractivity contribution is -0.141. The maximum atomic E-state index is 12.3. The van der Waals surface area contributed by atoms with Crippen molar-refractivity contribution in [2.75, 3.05) is 26.7 Å². The molecule has 17 heavy (non-hydrogen) atoms. The molecular formula is C12H21N3O2. The Balaban J connectivity index is 2.06. The van der Waals surface area contributed by atoms with Crippen molar-refractivity contribution in [2.24, 2.45) is 11.7 Å². The molecule has 1 aliphatic heterocycles. The van der Waals surface area contributed by atoms with Crippen LogP contribution in [0.5, 0.6) is 0 Å². The SMILES string of the molecule is CN1CCCN(C(=O)C(C)(N)C2CC2)CC1=O. The first kappa shape index (κ1) is 12.4. The fraction of sp³-hybridized carbons (Fsp3) is 0.833. The molecule has 2 N–H and O–H groups in total. The van der Waals surface area contributed by atoms with E-state index in [1.807, 2.05) is 0 Å². The summed E-state index contributed by atoms with van der Waals surface area (Å²) < 4.78 is 0. The number of carbonyl (C=O) groups excluding carboxylic acids is 2. The van der Waals surface area contributed by atoms with Gasteiger partial charge >= 0.3 is 0 Å². The van der Waals surface area contributed by atoms with Crippen molar-refractivity contribution < 1.29 is 9.59 Å². The van der Waals surface area contributed by atoms with Crippen molar-refractivity contribution in [3.05, 3.63) is 0 Å². The van der Waals surface area contributed by atoms with Crippen LogP contribution in [0.1, 0.15) is 26.2 Å². The average molecular weight is 239 g/mol. The molecule has 0 spiro atoms. The first-order chi connectivity index (χ1) is 7.93. The quantitative estimate of drug-likeness (QED) is 0.726. The van der Waals surface area contributed by atoms with Crippen LogP contribution in [0.2, 0.25) is 0 Å². The summed E-state index contributed by atoms with van der Waals surface area (Å²) in [5.41, 5.74) is 5.32. The topological polar surface area (TPSA) is 66.6 Å². The minimum Gasteiger partial charge on any atom is -0.344 e. The Morgan fingerprint density at radius 3 is 2.65 bits per heavy atom. The van der Waals surface area contributed by atoms with Crippen molar-refractivity contribution in [1.29, 1.82) is 0 Å². The zero-order valence-electron chi connectivity index (χ0n) is 10.6. The summed E-state index contributed by atoms with van der Waals surface area (Å²) in [6, 6.07) is 0. The molecule has 96 valence electrons. The summed E-state index contributed by atoms with van der Waals surface area (Å²) in [6.45, 7) is 3.32. The molecule has 0 radical (unpaired) electrons. The molecule has 1 saturated carbocycles. The van der Waals surface area contributed by atoms with E-state index < -0.39 is 5.54 Å². The molecule has 2 rings (SSSR count). The van der Waals surface area contributed by atoms with Gasteiger partial charge in [-0.25, -0.2) is 0 Å². The third-order valence-electron chi connectivity index (χ3n) is 3.85. The Morgan fingerprint density at radius 1 is 1.41 bits per heavy atom. The number of amides is 2. The van der Waals surface area contributed by atoms with E-state index in [0.717, 1.165) is 19.3 Å². The van der Waals surface area contributed by atoms with Gasteiger partial charge in [0.15, 0.2) is 0 Å². The van der Waals surface area contributed by atoms with Crippen molar-refractivity contribution >= 4 is 11.8 Å². The van der Waals surface area contributed by atoms with Crippen molar-refractivity contribution in [2.45, 2.75) is 31.7 Å². The molecule has 2 amide bonds. The van der Waals surface area contributed by atoms with E-state index in [1.165, 1.54) is 0 Å². The van der Waals surface area contributed by atoms with E-state index in [-0.39, 0.29) is 18.4 Å². The Hall–Kier alpha value is -1.10. The first-order valence-corrected chi connectivity index (χ1v) is 6.25. The summed E-state index contributed by atoms with van der Waals surface area (Å²) >= 11 is 0. The summed E-state index contributed by atoms with van der Waals surface area (Å²) in [4.78, 5) is 27.4. The third-order valence-corrected chi connectivity index (χ3v) is 3.85.